The lowest BCUT2D eigenvalue weighted by Gasteiger charge is -2.17. The fourth-order valence-corrected chi connectivity index (χ4v) is 2.30. The highest BCUT2D eigenvalue weighted by molar-refractivity contribution is 5.27. The molecule has 0 spiro atoms. The highest BCUT2D eigenvalue weighted by atomic mass is 19.1. The summed E-state index contributed by atoms with van der Waals surface area (Å²) in [6.07, 6.45) is 0.663. The zero-order chi connectivity index (χ0) is 14.0. The molecule has 0 amide bonds. The highest BCUT2D eigenvalue weighted by Gasteiger charge is 2.14. The average Bonchev–Trinajstić information content (AvgIpc) is 2.63. The van der Waals surface area contributed by atoms with Gasteiger partial charge in [0, 0.05) is 19.2 Å². The van der Waals surface area contributed by atoms with Crippen molar-refractivity contribution in [1.82, 2.24) is 15.2 Å². The Morgan fingerprint density at radius 3 is 2.58 bits per heavy atom. The molecule has 19 heavy (non-hydrogen) atoms. The van der Waals surface area contributed by atoms with Gasteiger partial charge in [0.15, 0.2) is 0 Å². The molecule has 5 heteroatoms. The molecule has 102 valence electrons. The summed E-state index contributed by atoms with van der Waals surface area (Å²) in [6, 6.07) is 6.84. The van der Waals surface area contributed by atoms with Crippen LogP contribution < -0.4 is 11.3 Å². The summed E-state index contributed by atoms with van der Waals surface area (Å²) in [5.74, 6) is 5.37. The van der Waals surface area contributed by atoms with E-state index in [1.54, 1.807) is 0 Å². The standard InChI is InChI=1S/C14H19FN4/c1-9-4-11(7-12(15)5-9)14(17-16)8-13-6-10(2)18-19(13)3/h4-7,14,17H,8,16H2,1-3H3. The minimum atomic E-state index is -0.239. The first-order valence-electron chi connectivity index (χ1n) is 6.22. The Bertz CT molecular complexity index is 557. The van der Waals surface area contributed by atoms with Crippen LogP contribution in [0.1, 0.15) is 28.6 Å². The summed E-state index contributed by atoms with van der Waals surface area (Å²) in [5.41, 5.74) is 6.50. The molecule has 0 saturated heterocycles. The Labute approximate surface area is 112 Å². The molecule has 1 unspecified atom stereocenters. The van der Waals surface area contributed by atoms with E-state index in [0.717, 1.165) is 22.5 Å². The van der Waals surface area contributed by atoms with E-state index in [4.69, 9.17) is 5.84 Å². The topological polar surface area (TPSA) is 55.9 Å². The first-order chi connectivity index (χ1) is 8.99. The minimum Gasteiger partial charge on any atom is -0.272 e. The number of hydrogen-bond acceptors (Lipinski definition) is 3. The summed E-state index contributed by atoms with van der Waals surface area (Å²) in [4.78, 5) is 0. The van der Waals surface area contributed by atoms with Crippen LogP contribution in [0.5, 0.6) is 0 Å². The fraction of sp³-hybridized carbons (Fsp3) is 0.357. The first-order valence-corrected chi connectivity index (χ1v) is 6.22. The van der Waals surface area contributed by atoms with Crippen molar-refractivity contribution in [1.29, 1.82) is 0 Å². The van der Waals surface area contributed by atoms with Crippen molar-refractivity contribution in [3.63, 3.8) is 0 Å². The second-order valence-corrected chi connectivity index (χ2v) is 4.89. The molecule has 0 fully saturated rings. The molecule has 1 aromatic carbocycles. The zero-order valence-corrected chi connectivity index (χ0v) is 11.4. The van der Waals surface area contributed by atoms with Crippen LogP contribution in [0, 0.1) is 19.7 Å². The van der Waals surface area contributed by atoms with Gasteiger partial charge in [0.05, 0.1) is 11.7 Å². The molecule has 0 bridgehead atoms. The Morgan fingerprint density at radius 2 is 2.05 bits per heavy atom. The van der Waals surface area contributed by atoms with Gasteiger partial charge >= 0.3 is 0 Å². The number of aryl methyl sites for hydroxylation is 3. The lowest BCUT2D eigenvalue weighted by atomic mass is 10.0. The summed E-state index contributed by atoms with van der Waals surface area (Å²) >= 11 is 0. The van der Waals surface area contributed by atoms with Crippen molar-refractivity contribution in [2.45, 2.75) is 26.3 Å². The minimum absolute atomic E-state index is 0.135. The van der Waals surface area contributed by atoms with Gasteiger partial charge in [-0.05, 0) is 43.2 Å². The molecule has 3 N–H and O–H groups in total. The number of benzene rings is 1. The van der Waals surface area contributed by atoms with Gasteiger partial charge in [-0.15, -0.1) is 0 Å². The molecule has 0 aliphatic carbocycles. The van der Waals surface area contributed by atoms with Gasteiger partial charge in [0.2, 0.25) is 0 Å². The van der Waals surface area contributed by atoms with E-state index in [2.05, 4.69) is 10.5 Å². The van der Waals surface area contributed by atoms with E-state index in [1.165, 1.54) is 12.1 Å². The molecule has 1 aromatic heterocycles. The third-order valence-electron chi connectivity index (χ3n) is 3.18. The maximum Gasteiger partial charge on any atom is 0.123 e. The first kappa shape index (κ1) is 13.7. The van der Waals surface area contributed by atoms with Gasteiger partial charge in [-0.25, -0.2) is 4.39 Å². The Kier molecular flexibility index (Phi) is 3.97. The van der Waals surface area contributed by atoms with Crippen LogP contribution in [0.15, 0.2) is 24.3 Å². The number of hydrogen-bond donors (Lipinski definition) is 2. The number of aromatic nitrogens is 2. The number of rotatable bonds is 4. The molecular formula is C14H19FN4. The largest absolute Gasteiger partial charge is 0.272 e. The van der Waals surface area contributed by atoms with Crippen molar-refractivity contribution >= 4 is 0 Å². The van der Waals surface area contributed by atoms with Crippen LogP contribution in [0.25, 0.3) is 0 Å². The maximum absolute atomic E-state index is 13.5. The van der Waals surface area contributed by atoms with Crippen LogP contribution in [0.2, 0.25) is 0 Å². The molecule has 2 aromatic rings. The smallest absolute Gasteiger partial charge is 0.123 e. The molecule has 1 atom stereocenters. The number of halogens is 1. The van der Waals surface area contributed by atoms with E-state index >= 15 is 0 Å². The van der Waals surface area contributed by atoms with Crippen molar-refractivity contribution in [2.24, 2.45) is 12.9 Å². The number of nitrogens with two attached hydrogens (primary N) is 1. The summed E-state index contributed by atoms with van der Waals surface area (Å²) in [5, 5.41) is 4.30. The van der Waals surface area contributed by atoms with E-state index in [-0.39, 0.29) is 11.9 Å². The highest BCUT2D eigenvalue weighted by Crippen LogP contribution is 2.20. The number of nitrogens with one attached hydrogen (secondary N) is 1. The quantitative estimate of drug-likeness (QED) is 0.654. The molecule has 0 radical (unpaired) electrons. The van der Waals surface area contributed by atoms with Crippen molar-refractivity contribution < 1.29 is 4.39 Å². The second kappa shape index (κ2) is 5.50. The third-order valence-corrected chi connectivity index (χ3v) is 3.18. The predicted octanol–water partition coefficient (Wildman–Crippen LogP) is 1.92. The lowest BCUT2D eigenvalue weighted by Crippen LogP contribution is -2.30. The third kappa shape index (κ3) is 3.19. The van der Waals surface area contributed by atoms with Crippen LogP contribution in [0.3, 0.4) is 0 Å². The second-order valence-electron chi connectivity index (χ2n) is 4.89. The Balaban J connectivity index is 2.27. The van der Waals surface area contributed by atoms with Crippen molar-refractivity contribution in [2.75, 3.05) is 0 Å². The maximum atomic E-state index is 13.5. The SMILES string of the molecule is Cc1cc(F)cc(C(Cc2cc(C)nn2C)NN)c1. The summed E-state index contributed by atoms with van der Waals surface area (Å²) in [7, 11) is 1.90. The van der Waals surface area contributed by atoms with E-state index in [9.17, 15) is 4.39 Å². The summed E-state index contributed by atoms with van der Waals surface area (Å²) < 4.78 is 15.3. The number of nitrogens with zero attached hydrogens (tertiary/aromatic N) is 2. The molecule has 1 heterocycles. The fourth-order valence-electron chi connectivity index (χ4n) is 2.30. The van der Waals surface area contributed by atoms with Crippen LogP contribution in [-0.2, 0) is 13.5 Å². The number of hydrazine groups is 1. The van der Waals surface area contributed by atoms with Crippen LogP contribution in [-0.4, -0.2) is 9.78 Å². The molecule has 0 aliphatic rings. The molecule has 0 aliphatic heterocycles. The van der Waals surface area contributed by atoms with E-state index in [1.807, 2.05) is 37.7 Å². The van der Waals surface area contributed by atoms with Gasteiger partial charge in [0.1, 0.15) is 5.82 Å². The molecule has 2 rings (SSSR count). The predicted molar refractivity (Wildman–Crippen MR) is 72.9 cm³/mol. The van der Waals surface area contributed by atoms with Gasteiger partial charge in [-0.3, -0.25) is 16.0 Å². The van der Waals surface area contributed by atoms with Gasteiger partial charge < -0.3 is 0 Å². The lowest BCUT2D eigenvalue weighted by molar-refractivity contribution is 0.524. The van der Waals surface area contributed by atoms with Crippen molar-refractivity contribution in [3.05, 3.63) is 52.6 Å². The van der Waals surface area contributed by atoms with E-state index in [0.29, 0.717) is 6.42 Å². The monoisotopic (exact) mass is 262 g/mol. The molecule has 4 nitrogen and oxygen atoms in total. The van der Waals surface area contributed by atoms with E-state index < -0.39 is 0 Å². The van der Waals surface area contributed by atoms with Gasteiger partial charge in [-0.2, -0.15) is 5.10 Å². The Morgan fingerprint density at radius 1 is 1.32 bits per heavy atom. The van der Waals surface area contributed by atoms with Crippen LogP contribution >= 0.6 is 0 Å². The van der Waals surface area contributed by atoms with Crippen LogP contribution in [0.4, 0.5) is 4.39 Å². The summed E-state index contributed by atoms with van der Waals surface area (Å²) in [6.45, 7) is 3.81. The zero-order valence-electron chi connectivity index (χ0n) is 11.4. The normalized spacial score (nSPS) is 12.7. The molecule has 0 saturated carbocycles. The van der Waals surface area contributed by atoms with Gasteiger partial charge in [0.25, 0.3) is 0 Å². The van der Waals surface area contributed by atoms with Crippen molar-refractivity contribution in [3.8, 4) is 0 Å². The Hall–Kier alpha value is -1.72. The van der Waals surface area contributed by atoms with Gasteiger partial charge in [-0.1, -0.05) is 6.07 Å². The average molecular weight is 262 g/mol. The molecular weight excluding hydrogens is 243 g/mol.